The molecule has 0 fully saturated rings. The molecule has 0 unspecified atom stereocenters. The molecule has 0 aliphatic heterocycles. The summed E-state index contributed by atoms with van der Waals surface area (Å²) in [6, 6.07) is 14.8. The standard InChI is InChI=1S/C21H21NO3S/c1-2-3-4-13-25-18-11-9-16(10-12-18)20-22-14-19(26-20)15-5-7-17(8-6-15)21(23)24/h5-12,14H,2-4,13H2,1H3,(H,23,24). The summed E-state index contributed by atoms with van der Waals surface area (Å²) in [5.74, 6) is -0.0376. The maximum atomic E-state index is 10.9. The second-order valence-corrected chi connectivity index (χ2v) is 7.02. The van der Waals surface area contributed by atoms with Crippen molar-refractivity contribution < 1.29 is 14.6 Å². The van der Waals surface area contributed by atoms with Gasteiger partial charge < -0.3 is 9.84 Å². The number of nitrogens with zero attached hydrogens (tertiary/aromatic N) is 1. The van der Waals surface area contributed by atoms with Gasteiger partial charge in [0.25, 0.3) is 0 Å². The Balaban J connectivity index is 1.68. The molecule has 1 N–H and O–H groups in total. The van der Waals surface area contributed by atoms with Gasteiger partial charge in [-0.2, -0.15) is 0 Å². The van der Waals surface area contributed by atoms with E-state index in [0.29, 0.717) is 0 Å². The Bertz CT molecular complexity index is 854. The van der Waals surface area contributed by atoms with E-state index < -0.39 is 5.97 Å². The van der Waals surface area contributed by atoms with Crippen molar-refractivity contribution in [1.29, 1.82) is 0 Å². The van der Waals surface area contributed by atoms with Crippen LogP contribution in [0.2, 0.25) is 0 Å². The van der Waals surface area contributed by atoms with Crippen molar-refractivity contribution >= 4 is 17.3 Å². The summed E-state index contributed by atoms with van der Waals surface area (Å²) < 4.78 is 5.74. The van der Waals surface area contributed by atoms with E-state index in [4.69, 9.17) is 9.84 Å². The van der Waals surface area contributed by atoms with Gasteiger partial charge in [0.05, 0.1) is 17.0 Å². The molecule has 0 atom stereocenters. The number of aromatic carboxylic acids is 1. The molecule has 0 aliphatic rings. The SMILES string of the molecule is CCCCCOc1ccc(-c2ncc(-c3ccc(C(=O)O)cc3)s2)cc1. The van der Waals surface area contributed by atoms with Crippen LogP contribution in [0.1, 0.15) is 36.5 Å². The molecule has 0 spiro atoms. The van der Waals surface area contributed by atoms with Crippen molar-refractivity contribution in [2.45, 2.75) is 26.2 Å². The summed E-state index contributed by atoms with van der Waals surface area (Å²) in [6.07, 6.45) is 5.28. The Morgan fingerprint density at radius 2 is 1.73 bits per heavy atom. The zero-order valence-corrected chi connectivity index (χ0v) is 15.5. The largest absolute Gasteiger partial charge is 0.494 e. The first-order valence-corrected chi connectivity index (χ1v) is 9.52. The van der Waals surface area contributed by atoms with Crippen LogP contribution in [0, 0.1) is 0 Å². The Hall–Kier alpha value is -2.66. The van der Waals surface area contributed by atoms with Gasteiger partial charge in [-0.15, -0.1) is 11.3 Å². The molecule has 0 amide bonds. The fourth-order valence-electron chi connectivity index (χ4n) is 2.55. The topological polar surface area (TPSA) is 59.4 Å². The lowest BCUT2D eigenvalue weighted by Crippen LogP contribution is -1.96. The van der Waals surface area contributed by atoms with Crippen LogP contribution in [0.5, 0.6) is 5.75 Å². The molecular formula is C21H21NO3S. The molecule has 0 bridgehead atoms. The molecule has 2 aromatic carbocycles. The minimum Gasteiger partial charge on any atom is -0.494 e. The van der Waals surface area contributed by atoms with Gasteiger partial charge in [-0.25, -0.2) is 9.78 Å². The summed E-state index contributed by atoms with van der Waals surface area (Å²) in [4.78, 5) is 16.5. The zero-order valence-electron chi connectivity index (χ0n) is 14.6. The zero-order chi connectivity index (χ0) is 18.4. The van der Waals surface area contributed by atoms with Crippen LogP contribution in [0.25, 0.3) is 21.0 Å². The van der Waals surface area contributed by atoms with Crippen LogP contribution in [0.15, 0.2) is 54.7 Å². The van der Waals surface area contributed by atoms with Crippen molar-refractivity contribution in [3.8, 4) is 26.8 Å². The van der Waals surface area contributed by atoms with Crippen LogP contribution >= 0.6 is 11.3 Å². The highest BCUT2D eigenvalue weighted by molar-refractivity contribution is 7.18. The monoisotopic (exact) mass is 367 g/mol. The third-order valence-electron chi connectivity index (χ3n) is 4.04. The number of aromatic nitrogens is 1. The number of benzene rings is 2. The third kappa shape index (κ3) is 4.49. The fourth-order valence-corrected chi connectivity index (χ4v) is 3.48. The molecule has 26 heavy (non-hydrogen) atoms. The maximum absolute atomic E-state index is 10.9. The van der Waals surface area contributed by atoms with E-state index >= 15 is 0 Å². The predicted molar refractivity (Wildman–Crippen MR) is 105 cm³/mol. The van der Waals surface area contributed by atoms with Crippen molar-refractivity contribution in [3.63, 3.8) is 0 Å². The smallest absolute Gasteiger partial charge is 0.335 e. The van der Waals surface area contributed by atoms with Gasteiger partial charge in [-0.3, -0.25) is 0 Å². The number of carbonyl (C=O) groups is 1. The third-order valence-corrected chi connectivity index (χ3v) is 5.14. The average Bonchev–Trinajstić information content (AvgIpc) is 3.16. The first-order valence-electron chi connectivity index (χ1n) is 8.70. The number of hydrogen-bond acceptors (Lipinski definition) is 4. The molecule has 0 saturated heterocycles. The Kier molecular flexibility index (Phi) is 6.02. The number of ether oxygens (including phenoxy) is 1. The van der Waals surface area contributed by atoms with Crippen molar-refractivity contribution in [3.05, 3.63) is 60.3 Å². The van der Waals surface area contributed by atoms with Gasteiger partial charge in [0.1, 0.15) is 10.8 Å². The summed E-state index contributed by atoms with van der Waals surface area (Å²) in [6.45, 7) is 2.93. The normalized spacial score (nSPS) is 10.7. The number of unbranched alkanes of at least 4 members (excludes halogenated alkanes) is 2. The van der Waals surface area contributed by atoms with Gasteiger partial charge >= 0.3 is 5.97 Å². The van der Waals surface area contributed by atoms with E-state index in [-0.39, 0.29) is 5.56 Å². The average molecular weight is 367 g/mol. The lowest BCUT2D eigenvalue weighted by Gasteiger charge is -2.06. The van der Waals surface area contributed by atoms with Crippen LogP contribution in [0.4, 0.5) is 0 Å². The highest BCUT2D eigenvalue weighted by atomic mass is 32.1. The molecule has 0 radical (unpaired) electrons. The number of carboxylic acid groups (broad SMARTS) is 1. The van der Waals surface area contributed by atoms with E-state index in [9.17, 15) is 4.79 Å². The predicted octanol–water partition coefficient (Wildman–Crippen LogP) is 5.74. The molecule has 0 aliphatic carbocycles. The van der Waals surface area contributed by atoms with E-state index in [1.54, 1.807) is 23.5 Å². The van der Waals surface area contributed by atoms with Crippen LogP contribution < -0.4 is 4.74 Å². The number of rotatable bonds is 8. The minimum atomic E-state index is -0.918. The fraction of sp³-hybridized carbons (Fsp3) is 0.238. The van der Waals surface area contributed by atoms with Crippen molar-refractivity contribution in [2.24, 2.45) is 0 Å². The van der Waals surface area contributed by atoms with Gasteiger partial charge in [-0.1, -0.05) is 31.9 Å². The van der Waals surface area contributed by atoms with Gasteiger partial charge in [0.2, 0.25) is 0 Å². The molecule has 4 nitrogen and oxygen atoms in total. The van der Waals surface area contributed by atoms with Crippen molar-refractivity contribution in [1.82, 2.24) is 4.98 Å². The molecule has 3 aromatic rings. The van der Waals surface area contributed by atoms with E-state index in [1.807, 2.05) is 42.6 Å². The molecule has 134 valence electrons. The summed E-state index contributed by atoms with van der Waals surface area (Å²) in [5.41, 5.74) is 2.30. The van der Waals surface area contributed by atoms with Crippen LogP contribution in [-0.4, -0.2) is 22.7 Å². The highest BCUT2D eigenvalue weighted by Crippen LogP contribution is 2.32. The lowest BCUT2D eigenvalue weighted by atomic mass is 10.1. The first kappa shape index (κ1) is 18.1. The molecule has 5 heteroatoms. The van der Waals surface area contributed by atoms with Crippen LogP contribution in [-0.2, 0) is 0 Å². The van der Waals surface area contributed by atoms with Gasteiger partial charge in [0.15, 0.2) is 0 Å². The number of thiazole rings is 1. The molecule has 0 saturated carbocycles. The Morgan fingerprint density at radius 3 is 2.38 bits per heavy atom. The quantitative estimate of drug-likeness (QED) is 0.515. The number of carboxylic acids is 1. The second-order valence-electron chi connectivity index (χ2n) is 5.99. The number of hydrogen-bond donors (Lipinski definition) is 1. The van der Waals surface area contributed by atoms with Gasteiger partial charge in [0, 0.05) is 11.8 Å². The second kappa shape index (κ2) is 8.63. The molecule has 1 heterocycles. The van der Waals surface area contributed by atoms with E-state index in [0.717, 1.165) is 39.8 Å². The van der Waals surface area contributed by atoms with Crippen LogP contribution in [0.3, 0.4) is 0 Å². The summed E-state index contributed by atoms with van der Waals surface area (Å²) in [7, 11) is 0. The lowest BCUT2D eigenvalue weighted by molar-refractivity contribution is 0.0697. The Labute approximate surface area is 157 Å². The minimum absolute atomic E-state index is 0.285. The van der Waals surface area contributed by atoms with E-state index in [1.165, 1.54) is 12.8 Å². The van der Waals surface area contributed by atoms with Gasteiger partial charge in [-0.05, 0) is 48.4 Å². The maximum Gasteiger partial charge on any atom is 0.335 e. The highest BCUT2D eigenvalue weighted by Gasteiger charge is 2.08. The molecular weight excluding hydrogens is 346 g/mol. The Morgan fingerprint density at radius 1 is 1.04 bits per heavy atom. The molecule has 3 rings (SSSR count). The summed E-state index contributed by atoms with van der Waals surface area (Å²) >= 11 is 1.58. The molecule has 1 aromatic heterocycles. The first-order chi connectivity index (χ1) is 12.7. The summed E-state index contributed by atoms with van der Waals surface area (Å²) in [5, 5.41) is 9.91. The van der Waals surface area contributed by atoms with E-state index in [2.05, 4.69) is 11.9 Å². The van der Waals surface area contributed by atoms with Crippen molar-refractivity contribution in [2.75, 3.05) is 6.61 Å².